The van der Waals surface area contributed by atoms with Crippen molar-refractivity contribution in [3.8, 4) is 5.75 Å². The smallest absolute Gasteiger partial charge is 0.212 e. The van der Waals surface area contributed by atoms with Gasteiger partial charge in [0.2, 0.25) is 9.84 Å². The van der Waals surface area contributed by atoms with Crippen molar-refractivity contribution in [1.29, 1.82) is 0 Å². The Morgan fingerprint density at radius 2 is 1.71 bits per heavy atom. The van der Waals surface area contributed by atoms with E-state index < -0.39 is 9.84 Å². The Balaban J connectivity index is 2.04. The van der Waals surface area contributed by atoms with E-state index in [9.17, 15) is 8.42 Å². The van der Waals surface area contributed by atoms with Crippen molar-refractivity contribution < 1.29 is 18.9 Å². The third-order valence-electron chi connectivity index (χ3n) is 4.57. The summed E-state index contributed by atoms with van der Waals surface area (Å²) in [4.78, 5) is 9.29. The molecule has 0 aliphatic heterocycles. The van der Waals surface area contributed by atoms with E-state index in [1.807, 2.05) is 18.2 Å². The van der Waals surface area contributed by atoms with Crippen LogP contribution in [-0.2, 0) is 16.4 Å². The molecule has 4 rings (SSSR count). The molecule has 0 aliphatic rings. The van der Waals surface area contributed by atoms with Crippen molar-refractivity contribution in [1.82, 2.24) is 14.5 Å². The summed E-state index contributed by atoms with van der Waals surface area (Å²) >= 11 is 0. The standard InChI is InChI=1S/C19H19N5O3S/c1-27-12-6-8-13(9-7-12)28(25,26)17-16-19(24(11-10-20)18(17)21)23-15-5-3-2-4-14(15)22-16/h2-9H,10-11,20-21H2,1H3/p+1. The van der Waals surface area contributed by atoms with Gasteiger partial charge in [-0.2, -0.15) is 0 Å². The lowest BCUT2D eigenvalue weighted by Gasteiger charge is -2.07. The van der Waals surface area contributed by atoms with Gasteiger partial charge in [0.25, 0.3) is 0 Å². The van der Waals surface area contributed by atoms with E-state index in [-0.39, 0.29) is 21.1 Å². The fraction of sp³-hybridized carbons (Fsp3) is 0.158. The second-order valence-corrected chi connectivity index (χ2v) is 8.17. The summed E-state index contributed by atoms with van der Waals surface area (Å²) in [5.41, 5.74) is 12.1. The minimum Gasteiger partial charge on any atom is -0.497 e. The van der Waals surface area contributed by atoms with E-state index in [2.05, 4.69) is 15.7 Å². The molecule has 0 radical (unpaired) electrons. The molecule has 144 valence electrons. The van der Waals surface area contributed by atoms with Crippen LogP contribution in [-0.4, -0.2) is 36.6 Å². The Morgan fingerprint density at radius 3 is 2.32 bits per heavy atom. The van der Waals surface area contributed by atoms with E-state index in [4.69, 9.17) is 10.5 Å². The summed E-state index contributed by atoms with van der Waals surface area (Å²) < 4.78 is 33.6. The summed E-state index contributed by atoms with van der Waals surface area (Å²) in [6, 6.07) is 13.5. The van der Waals surface area contributed by atoms with Gasteiger partial charge in [-0.25, -0.2) is 18.4 Å². The number of nitrogens with two attached hydrogens (primary N) is 1. The number of benzene rings is 2. The molecule has 0 spiro atoms. The number of hydrogen-bond acceptors (Lipinski definition) is 6. The Bertz CT molecular complexity index is 1280. The fourth-order valence-corrected chi connectivity index (χ4v) is 4.72. The summed E-state index contributed by atoms with van der Waals surface area (Å²) in [6.07, 6.45) is 0. The highest BCUT2D eigenvalue weighted by Gasteiger charge is 2.30. The van der Waals surface area contributed by atoms with Crippen molar-refractivity contribution in [2.24, 2.45) is 0 Å². The Kier molecular flexibility index (Phi) is 4.40. The summed E-state index contributed by atoms with van der Waals surface area (Å²) in [7, 11) is -2.39. The van der Waals surface area contributed by atoms with Crippen LogP contribution in [0, 0.1) is 0 Å². The predicted molar refractivity (Wildman–Crippen MR) is 106 cm³/mol. The first kappa shape index (κ1) is 18.2. The number of sulfone groups is 1. The van der Waals surface area contributed by atoms with Crippen LogP contribution in [0.2, 0.25) is 0 Å². The normalized spacial score (nSPS) is 11.9. The molecule has 9 heteroatoms. The molecule has 2 heterocycles. The molecule has 2 aromatic heterocycles. The molecule has 0 amide bonds. The lowest BCUT2D eigenvalue weighted by Crippen LogP contribution is -2.52. The number of fused-ring (bicyclic) bond motifs is 2. The van der Waals surface area contributed by atoms with Crippen molar-refractivity contribution in [2.45, 2.75) is 16.3 Å². The number of hydrogen-bond donors (Lipinski definition) is 2. The molecule has 0 bridgehead atoms. The molecule has 0 atom stereocenters. The number of methoxy groups -OCH3 is 1. The molecule has 8 nitrogen and oxygen atoms in total. The third-order valence-corrected chi connectivity index (χ3v) is 6.40. The zero-order valence-corrected chi connectivity index (χ0v) is 16.1. The van der Waals surface area contributed by atoms with Crippen LogP contribution in [0.15, 0.2) is 58.3 Å². The molecular formula is C19H20N5O3S+. The summed E-state index contributed by atoms with van der Waals surface area (Å²) in [6.45, 7) is 0.970. The lowest BCUT2D eigenvalue weighted by atomic mass is 10.3. The monoisotopic (exact) mass is 398 g/mol. The zero-order valence-electron chi connectivity index (χ0n) is 15.3. The zero-order chi connectivity index (χ0) is 19.9. The van der Waals surface area contributed by atoms with Gasteiger partial charge in [0, 0.05) is 0 Å². The second kappa shape index (κ2) is 6.77. The van der Waals surface area contributed by atoms with Crippen molar-refractivity contribution in [3.05, 3.63) is 48.5 Å². The molecule has 5 N–H and O–H groups in total. The van der Waals surface area contributed by atoms with Gasteiger partial charge in [0.15, 0.2) is 5.65 Å². The lowest BCUT2D eigenvalue weighted by molar-refractivity contribution is -0.369. The van der Waals surface area contributed by atoms with E-state index >= 15 is 0 Å². The Labute approximate surface area is 161 Å². The number of anilines is 1. The van der Waals surface area contributed by atoms with Gasteiger partial charge in [-0.3, -0.25) is 0 Å². The number of aromatic nitrogens is 3. The topological polar surface area (TPSA) is 128 Å². The second-order valence-electron chi connectivity index (χ2n) is 6.28. The highest BCUT2D eigenvalue weighted by molar-refractivity contribution is 7.92. The average molecular weight is 398 g/mol. The number of nitrogens with zero attached hydrogens (tertiary/aromatic N) is 3. The van der Waals surface area contributed by atoms with E-state index in [0.717, 1.165) is 0 Å². The van der Waals surface area contributed by atoms with E-state index in [1.54, 1.807) is 22.8 Å². The van der Waals surface area contributed by atoms with Crippen LogP contribution in [0.3, 0.4) is 0 Å². The first-order valence-corrected chi connectivity index (χ1v) is 10.2. The maximum Gasteiger partial charge on any atom is 0.212 e. The molecule has 0 saturated heterocycles. The Hall–Kier alpha value is -3.17. The number of para-hydroxylation sites is 2. The predicted octanol–water partition coefficient (Wildman–Crippen LogP) is 1.25. The van der Waals surface area contributed by atoms with Crippen molar-refractivity contribution >= 4 is 37.9 Å². The van der Waals surface area contributed by atoms with Crippen LogP contribution in [0.1, 0.15) is 0 Å². The number of rotatable bonds is 5. The van der Waals surface area contributed by atoms with Gasteiger partial charge in [-0.05, 0) is 36.4 Å². The van der Waals surface area contributed by atoms with Gasteiger partial charge < -0.3 is 20.8 Å². The van der Waals surface area contributed by atoms with Crippen LogP contribution >= 0.6 is 0 Å². The molecular weight excluding hydrogens is 378 g/mol. The average Bonchev–Trinajstić information content (AvgIpc) is 2.98. The molecule has 0 unspecified atom stereocenters. The van der Waals surface area contributed by atoms with Crippen LogP contribution in [0.4, 0.5) is 5.82 Å². The SMILES string of the molecule is COc1ccc(S(=O)(=O)c2c(N)n(CC[NH3+])c3nc4ccccc4nc23)cc1. The summed E-state index contributed by atoms with van der Waals surface area (Å²) in [5.74, 6) is 0.682. The van der Waals surface area contributed by atoms with E-state index in [0.29, 0.717) is 35.5 Å². The number of nitrogen functional groups attached to an aromatic ring is 1. The Morgan fingerprint density at radius 1 is 1.07 bits per heavy atom. The molecule has 4 aromatic rings. The molecule has 0 fully saturated rings. The molecule has 0 aliphatic carbocycles. The van der Waals surface area contributed by atoms with Crippen LogP contribution in [0.5, 0.6) is 5.75 Å². The maximum absolute atomic E-state index is 13.4. The highest BCUT2D eigenvalue weighted by Crippen LogP contribution is 2.35. The van der Waals surface area contributed by atoms with Crippen molar-refractivity contribution in [3.63, 3.8) is 0 Å². The van der Waals surface area contributed by atoms with Crippen molar-refractivity contribution in [2.75, 3.05) is 19.4 Å². The minimum atomic E-state index is -3.91. The number of ether oxygens (including phenoxy) is 1. The van der Waals surface area contributed by atoms with Gasteiger partial charge in [0.05, 0.1) is 36.1 Å². The van der Waals surface area contributed by atoms with Gasteiger partial charge >= 0.3 is 0 Å². The molecule has 2 aromatic carbocycles. The van der Waals surface area contributed by atoms with Crippen LogP contribution < -0.4 is 16.2 Å². The number of quaternary nitrogens is 1. The first-order chi connectivity index (χ1) is 13.5. The van der Waals surface area contributed by atoms with Gasteiger partial charge in [-0.15, -0.1) is 0 Å². The van der Waals surface area contributed by atoms with E-state index in [1.165, 1.54) is 19.2 Å². The molecule has 0 saturated carbocycles. The van der Waals surface area contributed by atoms with Gasteiger partial charge in [-0.1, -0.05) is 12.1 Å². The fourth-order valence-electron chi connectivity index (χ4n) is 3.21. The largest absolute Gasteiger partial charge is 0.497 e. The first-order valence-electron chi connectivity index (χ1n) is 8.70. The highest BCUT2D eigenvalue weighted by atomic mass is 32.2. The van der Waals surface area contributed by atoms with Crippen LogP contribution in [0.25, 0.3) is 22.2 Å². The summed E-state index contributed by atoms with van der Waals surface area (Å²) in [5, 5.41) is 0. The van der Waals surface area contributed by atoms with Gasteiger partial charge in [0.1, 0.15) is 22.0 Å². The maximum atomic E-state index is 13.4. The molecule has 28 heavy (non-hydrogen) atoms. The minimum absolute atomic E-state index is 0.0284. The quantitative estimate of drug-likeness (QED) is 0.521. The third kappa shape index (κ3) is 2.76.